The first kappa shape index (κ1) is 16.6. The smallest absolute Gasteiger partial charge is 0.304 e. The molecule has 1 aromatic carbocycles. The molecule has 110 valence electrons. The van der Waals surface area contributed by atoms with Gasteiger partial charge in [0.1, 0.15) is 0 Å². The van der Waals surface area contributed by atoms with Crippen LogP contribution in [0.3, 0.4) is 0 Å². The minimum Gasteiger partial charge on any atom is -0.481 e. The van der Waals surface area contributed by atoms with E-state index in [1.54, 1.807) is 11.8 Å². The molecule has 0 aliphatic carbocycles. The van der Waals surface area contributed by atoms with Gasteiger partial charge in [-0.15, -0.1) is 0 Å². The molecule has 0 radical (unpaired) electrons. The third kappa shape index (κ3) is 6.10. The molecule has 0 aliphatic rings. The second-order valence-corrected chi connectivity index (χ2v) is 6.71. The van der Waals surface area contributed by atoms with Crippen LogP contribution in [-0.4, -0.2) is 22.7 Å². The maximum absolute atomic E-state index is 11.9. The highest BCUT2D eigenvalue weighted by molar-refractivity contribution is 7.98. The first-order valence-electron chi connectivity index (χ1n) is 6.49. The van der Waals surface area contributed by atoms with Crippen molar-refractivity contribution in [2.24, 2.45) is 5.41 Å². The molecule has 0 bridgehead atoms. The number of benzene rings is 1. The Bertz CT molecular complexity index is 480. The number of amides is 1. The lowest BCUT2D eigenvalue weighted by atomic mass is 9.95. The van der Waals surface area contributed by atoms with E-state index in [-0.39, 0.29) is 12.3 Å². The van der Waals surface area contributed by atoms with E-state index in [1.807, 2.05) is 45.0 Å². The van der Waals surface area contributed by atoms with Gasteiger partial charge in [-0.25, -0.2) is 0 Å². The third-order valence-corrected chi connectivity index (χ3v) is 3.63. The monoisotopic (exact) mass is 295 g/mol. The largest absolute Gasteiger partial charge is 0.481 e. The van der Waals surface area contributed by atoms with Crippen molar-refractivity contribution in [3.63, 3.8) is 0 Å². The Morgan fingerprint density at radius 1 is 1.30 bits per heavy atom. The van der Waals surface area contributed by atoms with Crippen molar-refractivity contribution >= 4 is 29.3 Å². The van der Waals surface area contributed by atoms with Gasteiger partial charge in [0, 0.05) is 22.6 Å². The minimum absolute atomic E-state index is 0.0202. The van der Waals surface area contributed by atoms with E-state index in [4.69, 9.17) is 5.11 Å². The first-order chi connectivity index (χ1) is 9.29. The molecular formula is C15H21NO3S. The van der Waals surface area contributed by atoms with Crippen LogP contribution in [0, 0.1) is 5.41 Å². The molecule has 0 heterocycles. The Morgan fingerprint density at radius 3 is 2.60 bits per heavy atom. The summed E-state index contributed by atoms with van der Waals surface area (Å²) in [6.45, 7) is 5.61. The van der Waals surface area contributed by atoms with Crippen LogP contribution in [0.1, 0.15) is 32.8 Å². The van der Waals surface area contributed by atoms with Gasteiger partial charge in [0.05, 0.1) is 6.42 Å². The second-order valence-electron chi connectivity index (χ2n) is 5.60. The van der Waals surface area contributed by atoms with Gasteiger partial charge in [-0.3, -0.25) is 9.59 Å². The van der Waals surface area contributed by atoms with Gasteiger partial charge >= 0.3 is 5.97 Å². The molecule has 0 saturated carbocycles. The summed E-state index contributed by atoms with van der Waals surface area (Å²) >= 11 is 1.57. The van der Waals surface area contributed by atoms with Crippen molar-refractivity contribution in [3.8, 4) is 0 Å². The molecule has 0 atom stereocenters. The Morgan fingerprint density at radius 2 is 2.00 bits per heavy atom. The maximum Gasteiger partial charge on any atom is 0.304 e. The summed E-state index contributed by atoms with van der Waals surface area (Å²) in [5.41, 5.74) is 1.43. The lowest BCUT2D eigenvalue weighted by Crippen LogP contribution is -2.27. The van der Waals surface area contributed by atoms with Crippen molar-refractivity contribution in [2.45, 2.75) is 32.9 Å². The van der Waals surface area contributed by atoms with Gasteiger partial charge in [-0.2, -0.15) is 11.8 Å². The van der Waals surface area contributed by atoms with Gasteiger partial charge in [0.15, 0.2) is 0 Å². The molecule has 1 rings (SSSR count). The van der Waals surface area contributed by atoms with Crippen LogP contribution >= 0.6 is 11.8 Å². The van der Waals surface area contributed by atoms with Crippen molar-refractivity contribution in [3.05, 3.63) is 29.8 Å². The highest BCUT2D eigenvalue weighted by Gasteiger charge is 2.21. The van der Waals surface area contributed by atoms with Crippen LogP contribution in [-0.2, 0) is 15.3 Å². The normalized spacial score (nSPS) is 11.2. The predicted molar refractivity (Wildman–Crippen MR) is 82.9 cm³/mol. The van der Waals surface area contributed by atoms with Crippen LogP contribution in [0.4, 0.5) is 5.69 Å². The summed E-state index contributed by atoms with van der Waals surface area (Å²) in [5.74, 6) is 0.539. The zero-order valence-corrected chi connectivity index (χ0v) is 12.9. The average molecular weight is 295 g/mol. The summed E-state index contributed by atoms with van der Waals surface area (Å²) < 4.78 is 0. The van der Waals surface area contributed by atoms with Gasteiger partial charge in [0.2, 0.25) is 5.91 Å². The number of carboxylic acid groups (broad SMARTS) is 1. The summed E-state index contributed by atoms with van der Waals surface area (Å²) in [5, 5.41) is 11.5. The zero-order chi connectivity index (χ0) is 15.2. The third-order valence-electron chi connectivity index (χ3n) is 2.60. The molecule has 4 nitrogen and oxygen atoms in total. The van der Waals surface area contributed by atoms with Crippen molar-refractivity contribution in [1.82, 2.24) is 0 Å². The molecule has 1 aromatic rings. The van der Waals surface area contributed by atoms with E-state index in [9.17, 15) is 9.59 Å². The quantitative estimate of drug-likeness (QED) is 0.790. The molecule has 0 saturated heterocycles. The highest BCUT2D eigenvalue weighted by Crippen LogP contribution is 2.20. The number of hydrogen-bond acceptors (Lipinski definition) is 3. The van der Waals surface area contributed by atoms with E-state index >= 15 is 0 Å². The number of carbonyl (C=O) groups is 2. The van der Waals surface area contributed by atoms with Crippen LogP contribution < -0.4 is 5.32 Å². The van der Waals surface area contributed by atoms with Gasteiger partial charge < -0.3 is 10.4 Å². The number of aliphatic carboxylic acids is 1. The van der Waals surface area contributed by atoms with Gasteiger partial charge in [-0.1, -0.05) is 32.9 Å². The molecule has 0 spiro atoms. The van der Waals surface area contributed by atoms with Crippen LogP contribution in [0.2, 0.25) is 0 Å². The fourth-order valence-corrected chi connectivity index (χ4v) is 2.29. The molecule has 2 N–H and O–H groups in total. The topological polar surface area (TPSA) is 66.4 Å². The fraction of sp³-hybridized carbons (Fsp3) is 0.467. The van der Waals surface area contributed by atoms with E-state index < -0.39 is 11.4 Å². The summed E-state index contributed by atoms with van der Waals surface area (Å²) in [6.07, 6.45) is 0.172. The van der Waals surface area contributed by atoms with Crippen molar-refractivity contribution < 1.29 is 14.7 Å². The van der Waals surface area contributed by atoms with E-state index in [0.29, 0.717) is 5.75 Å². The SMILES string of the molecule is CC(C)(C)C(=O)Nc1cccc(CSCCC(=O)O)c1. The van der Waals surface area contributed by atoms with E-state index in [0.717, 1.165) is 17.0 Å². The van der Waals surface area contributed by atoms with Crippen molar-refractivity contribution in [1.29, 1.82) is 0 Å². The lowest BCUT2D eigenvalue weighted by molar-refractivity contribution is -0.136. The molecule has 5 heteroatoms. The molecule has 1 amide bonds. The number of thioether (sulfide) groups is 1. The van der Waals surface area contributed by atoms with Crippen LogP contribution in [0.5, 0.6) is 0 Å². The van der Waals surface area contributed by atoms with Crippen molar-refractivity contribution in [2.75, 3.05) is 11.1 Å². The Hall–Kier alpha value is -1.49. The fourth-order valence-electron chi connectivity index (χ4n) is 1.41. The number of carboxylic acids is 1. The number of nitrogens with one attached hydrogen (secondary N) is 1. The average Bonchev–Trinajstić information content (AvgIpc) is 2.34. The molecule has 0 fully saturated rings. The Labute approximate surface area is 124 Å². The molecule has 0 unspecified atom stereocenters. The molecular weight excluding hydrogens is 274 g/mol. The van der Waals surface area contributed by atoms with Gasteiger partial charge in [-0.05, 0) is 17.7 Å². The van der Waals surface area contributed by atoms with Crippen LogP contribution in [0.15, 0.2) is 24.3 Å². The van der Waals surface area contributed by atoms with E-state index in [1.165, 1.54) is 0 Å². The summed E-state index contributed by atoms with van der Waals surface area (Å²) in [4.78, 5) is 22.3. The summed E-state index contributed by atoms with van der Waals surface area (Å²) in [6, 6.07) is 7.65. The second kappa shape index (κ2) is 7.33. The number of carbonyl (C=O) groups excluding carboxylic acids is 1. The summed E-state index contributed by atoms with van der Waals surface area (Å²) in [7, 11) is 0. The standard InChI is InChI=1S/C15H21NO3S/c1-15(2,3)14(19)16-12-6-4-5-11(9-12)10-20-8-7-13(17)18/h4-6,9H,7-8,10H2,1-3H3,(H,16,19)(H,17,18). The zero-order valence-electron chi connectivity index (χ0n) is 12.1. The lowest BCUT2D eigenvalue weighted by Gasteiger charge is -2.18. The number of rotatable bonds is 6. The predicted octanol–water partition coefficient (Wildman–Crippen LogP) is 3.38. The molecule has 0 aliphatic heterocycles. The van der Waals surface area contributed by atoms with Gasteiger partial charge in [0.25, 0.3) is 0 Å². The van der Waals surface area contributed by atoms with E-state index in [2.05, 4.69) is 5.32 Å². The van der Waals surface area contributed by atoms with Crippen LogP contribution in [0.25, 0.3) is 0 Å². The maximum atomic E-state index is 11.9. The first-order valence-corrected chi connectivity index (χ1v) is 7.64. The number of anilines is 1. The Kier molecular flexibility index (Phi) is 6.07. The molecule has 20 heavy (non-hydrogen) atoms. The number of hydrogen-bond donors (Lipinski definition) is 2. The molecule has 0 aromatic heterocycles. The minimum atomic E-state index is -0.774. The highest BCUT2D eigenvalue weighted by atomic mass is 32.2. The Balaban J connectivity index is 2.53.